The van der Waals surface area contributed by atoms with Gasteiger partial charge in [0.05, 0.1) is 13.2 Å². The van der Waals surface area contributed by atoms with Crippen LogP contribution >= 0.6 is 0 Å². The van der Waals surface area contributed by atoms with Crippen LogP contribution in [0.1, 0.15) is 25.0 Å². The van der Waals surface area contributed by atoms with E-state index in [0.29, 0.717) is 13.2 Å². The van der Waals surface area contributed by atoms with Crippen LogP contribution in [0.15, 0.2) is 60.7 Å². The van der Waals surface area contributed by atoms with E-state index in [4.69, 9.17) is 14.2 Å². The maximum atomic E-state index is 12.2. The fourth-order valence-electron chi connectivity index (χ4n) is 2.83. The molecule has 0 unspecified atom stereocenters. The third-order valence-electron chi connectivity index (χ3n) is 4.10. The lowest BCUT2D eigenvalue weighted by Gasteiger charge is -2.27. The molecule has 2 aromatic rings. The summed E-state index contributed by atoms with van der Waals surface area (Å²) in [6, 6.07) is 19.6. The quantitative estimate of drug-likeness (QED) is 0.762. The molecular weight excluding hydrogens is 304 g/mol. The third kappa shape index (κ3) is 3.83. The Labute approximate surface area is 142 Å². The van der Waals surface area contributed by atoms with Crippen LogP contribution in [0.5, 0.6) is 0 Å². The molecule has 4 nitrogen and oxygen atoms in total. The van der Waals surface area contributed by atoms with Gasteiger partial charge in [-0.1, -0.05) is 60.7 Å². The minimum atomic E-state index is -0.719. The molecule has 2 aromatic carbocycles. The highest BCUT2D eigenvalue weighted by molar-refractivity contribution is 5.78. The summed E-state index contributed by atoms with van der Waals surface area (Å²) < 4.78 is 17.3. The zero-order valence-corrected chi connectivity index (χ0v) is 14.0. The van der Waals surface area contributed by atoms with E-state index < -0.39 is 17.8 Å². The highest BCUT2D eigenvalue weighted by Crippen LogP contribution is 2.32. The lowest BCUT2D eigenvalue weighted by Crippen LogP contribution is -2.41. The van der Waals surface area contributed by atoms with Crippen LogP contribution < -0.4 is 0 Å². The smallest absolute Gasteiger partial charge is 0.338 e. The maximum absolute atomic E-state index is 12.2. The Kier molecular flexibility index (Phi) is 4.97. The summed E-state index contributed by atoms with van der Waals surface area (Å²) in [5, 5.41) is 0. The molecule has 3 rings (SSSR count). The Bertz CT molecular complexity index is 667. The largest absolute Gasteiger partial charge is 0.455 e. The standard InChI is InChI=1S/C20H22O4/c1-20(2)18(23-14-16-11-7-4-8-12-16)17(19(21)24-20)22-13-15-9-5-3-6-10-15/h3-12,17-18H,13-14H2,1-2H3/t17-,18-/m1/s1. The van der Waals surface area contributed by atoms with Crippen LogP contribution in [0.3, 0.4) is 0 Å². The molecule has 4 heteroatoms. The highest BCUT2D eigenvalue weighted by atomic mass is 16.6. The lowest BCUT2D eigenvalue weighted by molar-refractivity contribution is -0.153. The Balaban J connectivity index is 1.67. The Morgan fingerprint density at radius 3 is 1.92 bits per heavy atom. The van der Waals surface area contributed by atoms with Crippen molar-refractivity contribution in [2.24, 2.45) is 0 Å². The van der Waals surface area contributed by atoms with Gasteiger partial charge in [0.15, 0.2) is 6.10 Å². The molecule has 0 spiro atoms. The first kappa shape index (κ1) is 16.7. The SMILES string of the molecule is CC1(C)OC(=O)[C@H](OCc2ccccc2)[C@H]1OCc1ccccc1. The monoisotopic (exact) mass is 326 g/mol. The van der Waals surface area contributed by atoms with Crippen molar-refractivity contribution in [2.75, 3.05) is 0 Å². The van der Waals surface area contributed by atoms with E-state index in [2.05, 4.69) is 0 Å². The van der Waals surface area contributed by atoms with Crippen LogP contribution in [0.2, 0.25) is 0 Å². The molecule has 2 atom stereocenters. The minimum absolute atomic E-state index is 0.349. The van der Waals surface area contributed by atoms with Crippen LogP contribution in [0.4, 0.5) is 0 Å². The second-order valence-corrected chi connectivity index (χ2v) is 6.46. The molecule has 24 heavy (non-hydrogen) atoms. The molecule has 0 N–H and O–H groups in total. The average Bonchev–Trinajstić information content (AvgIpc) is 2.80. The van der Waals surface area contributed by atoms with Gasteiger partial charge in [-0.25, -0.2) is 4.79 Å². The van der Waals surface area contributed by atoms with E-state index >= 15 is 0 Å². The van der Waals surface area contributed by atoms with Gasteiger partial charge in [-0.15, -0.1) is 0 Å². The topological polar surface area (TPSA) is 44.8 Å². The van der Waals surface area contributed by atoms with Crippen molar-refractivity contribution in [3.63, 3.8) is 0 Å². The van der Waals surface area contributed by atoms with Gasteiger partial charge in [0, 0.05) is 0 Å². The van der Waals surface area contributed by atoms with Gasteiger partial charge in [0.1, 0.15) is 11.7 Å². The molecule has 126 valence electrons. The molecule has 1 aliphatic rings. The summed E-state index contributed by atoms with van der Waals surface area (Å²) in [7, 11) is 0. The number of ether oxygens (including phenoxy) is 3. The summed E-state index contributed by atoms with van der Waals surface area (Å²) in [5.74, 6) is -0.367. The van der Waals surface area contributed by atoms with E-state index in [0.717, 1.165) is 11.1 Å². The molecule has 1 aliphatic heterocycles. The number of esters is 1. The van der Waals surface area contributed by atoms with E-state index in [9.17, 15) is 4.79 Å². The number of carbonyl (C=O) groups is 1. The molecule has 0 bridgehead atoms. The number of hydrogen-bond acceptors (Lipinski definition) is 4. The number of benzene rings is 2. The van der Waals surface area contributed by atoms with Crippen molar-refractivity contribution in [1.29, 1.82) is 0 Å². The predicted molar refractivity (Wildman–Crippen MR) is 90.2 cm³/mol. The van der Waals surface area contributed by atoms with Crippen molar-refractivity contribution in [3.05, 3.63) is 71.8 Å². The number of rotatable bonds is 6. The van der Waals surface area contributed by atoms with Gasteiger partial charge in [0.2, 0.25) is 0 Å². The zero-order chi connectivity index (χ0) is 17.0. The van der Waals surface area contributed by atoms with Gasteiger partial charge in [-0.3, -0.25) is 0 Å². The summed E-state index contributed by atoms with van der Waals surface area (Å²) >= 11 is 0. The Morgan fingerprint density at radius 2 is 1.38 bits per heavy atom. The summed E-state index contributed by atoms with van der Waals surface area (Å²) in [6.07, 6.45) is -1.17. The molecule has 0 aromatic heterocycles. The molecule has 1 saturated heterocycles. The van der Waals surface area contributed by atoms with Crippen LogP contribution in [0, 0.1) is 0 Å². The van der Waals surface area contributed by atoms with Gasteiger partial charge in [0.25, 0.3) is 0 Å². The first-order valence-electron chi connectivity index (χ1n) is 8.10. The van der Waals surface area contributed by atoms with Gasteiger partial charge in [-0.2, -0.15) is 0 Å². The van der Waals surface area contributed by atoms with Crippen molar-refractivity contribution >= 4 is 5.97 Å². The Morgan fingerprint density at radius 1 is 0.875 bits per heavy atom. The maximum Gasteiger partial charge on any atom is 0.338 e. The van der Waals surface area contributed by atoms with Crippen molar-refractivity contribution in [3.8, 4) is 0 Å². The number of hydrogen-bond donors (Lipinski definition) is 0. The molecular formula is C20H22O4. The van der Waals surface area contributed by atoms with Crippen LogP contribution in [0.25, 0.3) is 0 Å². The van der Waals surface area contributed by atoms with Gasteiger partial charge < -0.3 is 14.2 Å². The minimum Gasteiger partial charge on any atom is -0.455 e. The summed E-state index contributed by atoms with van der Waals surface area (Å²) in [6.45, 7) is 4.47. The van der Waals surface area contributed by atoms with E-state index in [1.165, 1.54) is 0 Å². The molecule has 0 radical (unpaired) electrons. The fourth-order valence-corrected chi connectivity index (χ4v) is 2.83. The Hall–Kier alpha value is -2.17. The lowest BCUT2D eigenvalue weighted by atomic mass is 10.00. The van der Waals surface area contributed by atoms with E-state index in [-0.39, 0.29) is 5.97 Å². The molecule has 0 saturated carbocycles. The fraction of sp³-hybridized carbons (Fsp3) is 0.350. The average molecular weight is 326 g/mol. The van der Waals surface area contributed by atoms with Crippen LogP contribution in [-0.2, 0) is 32.2 Å². The number of cyclic esters (lactones) is 1. The first-order chi connectivity index (χ1) is 11.6. The number of carbonyl (C=O) groups excluding carboxylic acids is 1. The molecule has 0 aliphatic carbocycles. The second-order valence-electron chi connectivity index (χ2n) is 6.46. The summed E-state index contributed by atoms with van der Waals surface area (Å²) in [4.78, 5) is 12.2. The predicted octanol–water partition coefficient (Wildman–Crippen LogP) is 3.49. The molecule has 1 heterocycles. The van der Waals surface area contributed by atoms with E-state index in [1.54, 1.807) is 0 Å². The highest BCUT2D eigenvalue weighted by Gasteiger charge is 2.52. The third-order valence-corrected chi connectivity index (χ3v) is 4.10. The summed E-state index contributed by atoms with van der Waals surface area (Å²) in [5.41, 5.74) is 1.35. The molecule has 1 fully saturated rings. The molecule has 0 amide bonds. The normalized spacial score (nSPS) is 22.3. The van der Waals surface area contributed by atoms with Gasteiger partial charge >= 0.3 is 5.97 Å². The van der Waals surface area contributed by atoms with E-state index in [1.807, 2.05) is 74.5 Å². The first-order valence-corrected chi connectivity index (χ1v) is 8.10. The van der Waals surface area contributed by atoms with Gasteiger partial charge in [-0.05, 0) is 25.0 Å². The van der Waals surface area contributed by atoms with Crippen LogP contribution in [-0.4, -0.2) is 23.8 Å². The van der Waals surface area contributed by atoms with Crippen molar-refractivity contribution in [1.82, 2.24) is 0 Å². The zero-order valence-electron chi connectivity index (χ0n) is 14.0. The second kappa shape index (κ2) is 7.16. The van der Waals surface area contributed by atoms with Crippen molar-refractivity contribution < 1.29 is 19.0 Å². The van der Waals surface area contributed by atoms with Crippen molar-refractivity contribution in [2.45, 2.75) is 44.9 Å².